The summed E-state index contributed by atoms with van der Waals surface area (Å²) in [5.74, 6) is -0.333. The average molecular weight is 732 g/mol. The Hall–Kier alpha value is -3.67. The molecule has 0 aliphatic heterocycles. The summed E-state index contributed by atoms with van der Waals surface area (Å²) >= 11 is 0. The Morgan fingerprint density at radius 3 is 2.00 bits per heavy atom. The molecule has 0 fully saturated rings. The second-order valence-electron chi connectivity index (χ2n) is 13.8. The van der Waals surface area contributed by atoms with E-state index in [2.05, 4.69) is 54.5 Å². The van der Waals surface area contributed by atoms with E-state index in [0.29, 0.717) is 19.4 Å². The van der Waals surface area contributed by atoms with E-state index >= 15 is 0 Å². The number of amides is 2. The number of hydrogen-bond donors (Lipinski definition) is 2. The quantitative estimate of drug-likeness (QED) is 0.0734. The van der Waals surface area contributed by atoms with E-state index < -0.39 is 17.6 Å². The van der Waals surface area contributed by atoms with Crippen molar-refractivity contribution in [3.8, 4) is 11.1 Å². The Bertz CT molecular complexity index is 1580. The van der Waals surface area contributed by atoms with Gasteiger partial charge in [-0.1, -0.05) is 126 Å². The van der Waals surface area contributed by atoms with Gasteiger partial charge < -0.3 is 15.5 Å². The Kier molecular flexibility index (Phi) is 17.9. The molecule has 3 aromatic rings. The van der Waals surface area contributed by atoms with Crippen molar-refractivity contribution in [2.24, 2.45) is 0 Å². The molecule has 0 heterocycles. The predicted octanol–water partition coefficient (Wildman–Crippen LogP) is 9.79. The monoisotopic (exact) mass is 731 g/mol. The molecule has 282 valence electrons. The first-order valence-corrected chi connectivity index (χ1v) is 19.4. The van der Waals surface area contributed by atoms with Gasteiger partial charge in [0.1, 0.15) is 5.41 Å². The number of halogens is 2. The van der Waals surface area contributed by atoms with E-state index in [-0.39, 0.29) is 11.8 Å². The molecule has 1 aliphatic rings. The maximum Gasteiger partial charge on any atom is 0.275 e. The van der Waals surface area contributed by atoms with Crippen molar-refractivity contribution in [3.63, 3.8) is 0 Å². The number of fused-ring (bicyclic) bond motifs is 3. The van der Waals surface area contributed by atoms with Crippen LogP contribution in [0.5, 0.6) is 0 Å². The topological polar surface area (TPSA) is 61.4 Å². The van der Waals surface area contributed by atoms with Gasteiger partial charge in [-0.3, -0.25) is 9.59 Å². The van der Waals surface area contributed by atoms with Gasteiger partial charge in [-0.05, 0) is 113 Å². The molecular weight excluding hydrogens is 671 g/mol. The largest absolute Gasteiger partial charge is 0.356 e. The number of hydrogen-bond acceptors (Lipinski definition) is 3. The summed E-state index contributed by atoms with van der Waals surface area (Å²) in [6.45, 7) is 13.0. The van der Waals surface area contributed by atoms with Crippen molar-refractivity contribution in [1.82, 2.24) is 15.5 Å². The zero-order chi connectivity index (χ0) is 38.0. The summed E-state index contributed by atoms with van der Waals surface area (Å²) in [6.07, 6.45) is 12.5. The lowest BCUT2D eigenvalue weighted by atomic mass is 9.73. The van der Waals surface area contributed by atoms with Gasteiger partial charge in [0.05, 0.1) is 6.54 Å². The van der Waals surface area contributed by atoms with Crippen LogP contribution in [-0.2, 0) is 21.4 Å². The van der Waals surface area contributed by atoms with Crippen molar-refractivity contribution in [2.75, 3.05) is 32.7 Å². The maximum atomic E-state index is 13.9. The number of nitrogens with zero attached hydrogens (tertiary/aromatic N) is 1. The van der Waals surface area contributed by atoms with Crippen molar-refractivity contribution in [2.45, 2.75) is 97.1 Å². The standard InChI is InChI=1S/C40H52F2N3O2P.C4H8/c1-4-5-25-45(27-14-24-43-37(46)22-21-30(2)28-32-16-7-6-15-31(32)3)26-13-12-23-39(38(47)44-29-40(41,42)48)35-19-10-8-17-33(35)34-18-9-11-20-36(34)39;1-3-4-2/h6-11,15-21H,4-5,12-14,22-29,48H2,1-3H3,(H,43,46)(H,44,47);3-4H,1-2H3/b30-21+;4-3-. The van der Waals surface area contributed by atoms with Crippen molar-refractivity contribution < 1.29 is 18.4 Å². The minimum Gasteiger partial charge on any atom is -0.356 e. The van der Waals surface area contributed by atoms with Gasteiger partial charge in [-0.25, -0.2) is 8.78 Å². The number of carbonyl (C=O) groups is 2. The molecule has 5 nitrogen and oxygen atoms in total. The highest BCUT2D eigenvalue weighted by molar-refractivity contribution is 7.18. The van der Waals surface area contributed by atoms with Crippen molar-refractivity contribution in [1.29, 1.82) is 0 Å². The molecule has 52 heavy (non-hydrogen) atoms. The molecule has 1 unspecified atom stereocenters. The van der Waals surface area contributed by atoms with Gasteiger partial charge in [-0.2, -0.15) is 0 Å². The normalized spacial score (nSPS) is 13.4. The Balaban J connectivity index is 0.00000173. The lowest BCUT2D eigenvalue weighted by Gasteiger charge is -2.32. The molecule has 0 bridgehead atoms. The SMILES string of the molecule is C/C=C\C.CCCCN(CCCCC1(C(=O)NCC(F)(F)P)c2ccccc2-c2ccccc21)CCCNC(=O)C/C=C(\C)Cc1ccccc1C. The molecule has 4 rings (SSSR count). The molecule has 0 aromatic heterocycles. The molecule has 3 aromatic carbocycles. The third kappa shape index (κ3) is 12.8. The molecule has 0 radical (unpaired) electrons. The van der Waals surface area contributed by atoms with E-state index in [9.17, 15) is 18.4 Å². The fraction of sp³-hybridized carbons (Fsp3) is 0.455. The number of nitrogens with one attached hydrogen (secondary N) is 2. The lowest BCUT2D eigenvalue weighted by Crippen LogP contribution is -2.47. The average Bonchev–Trinajstić information content (AvgIpc) is 3.43. The van der Waals surface area contributed by atoms with Crippen LogP contribution in [0.25, 0.3) is 11.1 Å². The third-order valence-corrected chi connectivity index (χ3v) is 9.92. The van der Waals surface area contributed by atoms with E-state index in [1.54, 1.807) is 0 Å². The lowest BCUT2D eigenvalue weighted by molar-refractivity contribution is -0.126. The first-order chi connectivity index (χ1) is 25.0. The first kappa shape index (κ1) is 42.7. The van der Waals surface area contributed by atoms with Crippen LogP contribution in [0.15, 0.2) is 96.6 Å². The summed E-state index contributed by atoms with van der Waals surface area (Å²) in [5, 5.41) is 5.66. The highest BCUT2D eigenvalue weighted by Crippen LogP contribution is 2.51. The molecule has 8 heteroatoms. The van der Waals surface area contributed by atoms with Crippen LogP contribution in [0.2, 0.25) is 0 Å². The molecule has 0 saturated carbocycles. The zero-order valence-corrected chi connectivity index (χ0v) is 33.1. The summed E-state index contributed by atoms with van der Waals surface area (Å²) in [6, 6.07) is 24.1. The van der Waals surface area contributed by atoms with Gasteiger partial charge in [0, 0.05) is 13.0 Å². The summed E-state index contributed by atoms with van der Waals surface area (Å²) in [5.41, 5.74) is 3.39. The second kappa shape index (κ2) is 21.8. The first-order valence-electron chi connectivity index (χ1n) is 18.9. The predicted molar refractivity (Wildman–Crippen MR) is 217 cm³/mol. The Morgan fingerprint density at radius 2 is 1.40 bits per heavy atom. The number of rotatable bonds is 19. The van der Waals surface area contributed by atoms with E-state index in [0.717, 1.165) is 80.4 Å². The van der Waals surface area contributed by atoms with Crippen LogP contribution in [0, 0.1) is 6.92 Å². The van der Waals surface area contributed by atoms with Crippen LogP contribution >= 0.6 is 9.24 Å². The minimum atomic E-state index is -3.08. The Morgan fingerprint density at radius 1 is 0.827 bits per heavy atom. The van der Waals surface area contributed by atoms with Gasteiger partial charge in [0.2, 0.25) is 11.8 Å². The number of alkyl halides is 2. The van der Waals surface area contributed by atoms with E-state index in [1.165, 1.54) is 25.9 Å². The molecule has 2 N–H and O–H groups in total. The van der Waals surface area contributed by atoms with Crippen molar-refractivity contribution in [3.05, 3.63) is 119 Å². The number of carbonyl (C=O) groups excluding carboxylic acids is 2. The zero-order valence-electron chi connectivity index (χ0n) is 31.9. The van der Waals surface area contributed by atoms with Crippen LogP contribution in [0.3, 0.4) is 0 Å². The van der Waals surface area contributed by atoms with Gasteiger partial charge in [0.25, 0.3) is 5.66 Å². The summed E-state index contributed by atoms with van der Waals surface area (Å²) < 4.78 is 27.7. The van der Waals surface area contributed by atoms with Gasteiger partial charge in [-0.15, -0.1) is 0 Å². The Labute approximate surface area is 313 Å². The molecule has 1 atom stereocenters. The van der Waals surface area contributed by atoms with E-state index in [1.807, 2.05) is 86.7 Å². The van der Waals surface area contributed by atoms with Crippen molar-refractivity contribution >= 4 is 21.1 Å². The summed E-state index contributed by atoms with van der Waals surface area (Å²) in [7, 11) is 1.52. The number of allylic oxidation sites excluding steroid dienone is 3. The second-order valence-corrected chi connectivity index (χ2v) is 14.7. The number of unbranched alkanes of at least 4 members (excludes halogenated alkanes) is 2. The van der Waals surface area contributed by atoms with Crippen LogP contribution in [-0.4, -0.2) is 55.1 Å². The maximum absolute atomic E-state index is 13.9. The fourth-order valence-electron chi connectivity index (χ4n) is 6.80. The smallest absolute Gasteiger partial charge is 0.275 e. The third-order valence-electron chi connectivity index (χ3n) is 9.71. The minimum absolute atomic E-state index is 0.0411. The number of aryl methyl sites for hydroxylation is 1. The summed E-state index contributed by atoms with van der Waals surface area (Å²) in [4.78, 5) is 28.9. The van der Waals surface area contributed by atoms with E-state index in [4.69, 9.17) is 0 Å². The van der Waals surface area contributed by atoms with Crippen LogP contribution in [0.4, 0.5) is 8.78 Å². The fourth-order valence-corrected chi connectivity index (χ4v) is 6.90. The molecule has 1 aliphatic carbocycles. The van der Waals surface area contributed by atoms with Crippen LogP contribution < -0.4 is 10.6 Å². The van der Waals surface area contributed by atoms with Gasteiger partial charge in [0.15, 0.2) is 0 Å². The molecular formula is C44H60F2N3O2P. The molecule has 0 saturated heterocycles. The van der Waals surface area contributed by atoms with Crippen LogP contribution in [0.1, 0.15) is 94.9 Å². The van der Waals surface area contributed by atoms with Gasteiger partial charge >= 0.3 is 0 Å². The molecule has 0 spiro atoms. The molecule has 2 amide bonds. The highest BCUT2D eigenvalue weighted by atomic mass is 31.0. The number of benzene rings is 3. The highest BCUT2D eigenvalue weighted by Gasteiger charge is 2.48.